The second-order valence-corrected chi connectivity index (χ2v) is 5.67. The summed E-state index contributed by atoms with van der Waals surface area (Å²) in [5.41, 5.74) is 0.557. The molecule has 1 aliphatic rings. The lowest BCUT2D eigenvalue weighted by atomic mass is 10.2. The van der Waals surface area contributed by atoms with Gasteiger partial charge in [-0.05, 0) is 32.5 Å². The summed E-state index contributed by atoms with van der Waals surface area (Å²) in [5.74, 6) is -0.215. The molecule has 5 heteroatoms. The molecular weight excluding hydrogens is 269 g/mol. The van der Waals surface area contributed by atoms with Crippen LogP contribution >= 0.6 is 0 Å². The SMILES string of the molecule is CNCC1CCCN1CC(=O)N(C)Cc1ccccc1F. The minimum atomic E-state index is -0.258. The maximum atomic E-state index is 13.6. The molecule has 1 heterocycles. The highest BCUT2D eigenvalue weighted by molar-refractivity contribution is 5.78. The Kier molecular flexibility index (Phi) is 5.70. The molecular formula is C16H24FN3O. The van der Waals surface area contributed by atoms with Crippen molar-refractivity contribution in [3.05, 3.63) is 35.6 Å². The Bertz CT molecular complexity index is 480. The quantitative estimate of drug-likeness (QED) is 0.863. The molecule has 0 radical (unpaired) electrons. The van der Waals surface area contributed by atoms with E-state index < -0.39 is 0 Å². The fourth-order valence-electron chi connectivity index (χ4n) is 2.83. The third-order valence-corrected chi connectivity index (χ3v) is 4.07. The van der Waals surface area contributed by atoms with Crippen molar-refractivity contribution < 1.29 is 9.18 Å². The molecule has 1 N–H and O–H groups in total. The third-order valence-electron chi connectivity index (χ3n) is 4.07. The Labute approximate surface area is 125 Å². The van der Waals surface area contributed by atoms with Crippen molar-refractivity contribution >= 4 is 5.91 Å². The van der Waals surface area contributed by atoms with E-state index in [4.69, 9.17) is 0 Å². The van der Waals surface area contributed by atoms with Gasteiger partial charge in [-0.25, -0.2) is 4.39 Å². The van der Waals surface area contributed by atoms with Gasteiger partial charge in [0.05, 0.1) is 6.54 Å². The minimum Gasteiger partial charge on any atom is -0.340 e. The van der Waals surface area contributed by atoms with Gasteiger partial charge in [0.1, 0.15) is 5.82 Å². The van der Waals surface area contributed by atoms with E-state index in [1.165, 1.54) is 6.07 Å². The molecule has 1 amide bonds. The van der Waals surface area contributed by atoms with E-state index in [0.29, 0.717) is 24.7 Å². The van der Waals surface area contributed by atoms with Crippen molar-refractivity contribution in [2.75, 3.05) is 33.7 Å². The van der Waals surface area contributed by atoms with Crippen molar-refractivity contribution in [1.29, 1.82) is 0 Å². The molecule has 1 fully saturated rings. The van der Waals surface area contributed by atoms with Crippen molar-refractivity contribution in [3.63, 3.8) is 0 Å². The third kappa shape index (κ3) is 4.25. The van der Waals surface area contributed by atoms with Crippen LogP contribution in [0.4, 0.5) is 4.39 Å². The van der Waals surface area contributed by atoms with Crippen molar-refractivity contribution in [2.45, 2.75) is 25.4 Å². The van der Waals surface area contributed by atoms with Crippen LogP contribution in [-0.2, 0) is 11.3 Å². The zero-order chi connectivity index (χ0) is 15.2. The summed E-state index contributed by atoms with van der Waals surface area (Å²) < 4.78 is 13.6. The van der Waals surface area contributed by atoms with Crippen LogP contribution in [0.1, 0.15) is 18.4 Å². The van der Waals surface area contributed by atoms with Crippen LogP contribution in [-0.4, -0.2) is 55.5 Å². The second-order valence-electron chi connectivity index (χ2n) is 5.67. The van der Waals surface area contributed by atoms with Crippen LogP contribution in [0, 0.1) is 5.82 Å². The summed E-state index contributed by atoms with van der Waals surface area (Å²) in [5, 5.41) is 3.17. The number of carbonyl (C=O) groups is 1. The Morgan fingerprint density at radius 3 is 2.95 bits per heavy atom. The molecule has 1 aliphatic heterocycles. The fourth-order valence-corrected chi connectivity index (χ4v) is 2.83. The highest BCUT2D eigenvalue weighted by Crippen LogP contribution is 2.17. The summed E-state index contributed by atoms with van der Waals surface area (Å²) in [6, 6.07) is 7.03. The molecule has 21 heavy (non-hydrogen) atoms. The number of carbonyl (C=O) groups excluding carboxylic acids is 1. The van der Waals surface area contributed by atoms with Crippen LogP contribution in [0.15, 0.2) is 24.3 Å². The first-order chi connectivity index (χ1) is 10.1. The van der Waals surface area contributed by atoms with Gasteiger partial charge in [-0.1, -0.05) is 18.2 Å². The smallest absolute Gasteiger partial charge is 0.236 e. The van der Waals surface area contributed by atoms with Gasteiger partial charge in [0.15, 0.2) is 0 Å². The monoisotopic (exact) mass is 293 g/mol. The Hall–Kier alpha value is -1.46. The zero-order valence-electron chi connectivity index (χ0n) is 12.8. The summed E-state index contributed by atoms with van der Waals surface area (Å²) in [4.78, 5) is 16.1. The van der Waals surface area contributed by atoms with Gasteiger partial charge in [-0.3, -0.25) is 9.69 Å². The first-order valence-corrected chi connectivity index (χ1v) is 7.48. The first kappa shape index (κ1) is 15.9. The number of nitrogens with one attached hydrogen (secondary N) is 1. The number of amides is 1. The average molecular weight is 293 g/mol. The zero-order valence-corrected chi connectivity index (χ0v) is 12.8. The minimum absolute atomic E-state index is 0.0428. The number of hydrogen-bond donors (Lipinski definition) is 1. The van der Waals surface area contributed by atoms with E-state index in [1.54, 1.807) is 30.1 Å². The number of likely N-dealkylation sites (tertiary alicyclic amines) is 1. The summed E-state index contributed by atoms with van der Waals surface area (Å²) in [6.07, 6.45) is 2.27. The lowest BCUT2D eigenvalue weighted by Gasteiger charge is -2.26. The number of hydrogen-bond acceptors (Lipinski definition) is 3. The lowest BCUT2D eigenvalue weighted by molar-refractivity contribution is -0.131. The maximum Gasteiger partial charge on any atom is 0.236 e. The molecule has 1 saturated heterocycles. The predicted octanol–water partition coefficient (Wildman–Crippen LogP) is 1.47. The molecule has 1 aromatic rings. The van der Waals surface area contributed by atoms with Gasteiger partial charge in [0.2, 0.25) is 5.91 Å². The van der Waals surface area contributed by atoms with Gasteiger partial charge in [-0.15, -0.1) is 0 Å². The van der Waals surface area contributed by atoms with Gasteiger partial charge >= 0.3 is 0 Å². The highest BCUT2D eigenvalue weighted by Gasteiger charge is 2.26. The van der Waals surface area contributed by atoms with Crippen LogP contribution in [0.5, 0.6) is 0 Å². The normalized spacial score (nSPS) is 18.9. The summed E-state index contributed by atoms with van der Waals surface area (Å²) in [6.45, 7) is 2.60. The maximum absolute atomic E-state index is 13.6. The van der Waals surface area contributed by atoms with E-state index in [0.717, 1.165) is 25.9 Å². The number of benzene rings is 1. The molecule has 1 atom stereocenters. The molecule has 2 rings (SSSR count). The van der Waals surface area contributed by atoms with E-state index >= 15 is 0 Å². The number of rotatable bonds is 6. The predicted molar refractivity (Wildman–Crippen MR) is 81.4 cm³/mol. The molecule has 0 spiro atoms. The average Bonchev–Trinajstić information content (AvgIpc) is 2.89. The Morgan fingerprint density at radius 2 is 2.24 bits per heavy atom. The first-order valence-electron chi connectivity index (χ1n) is 7.48. The standard InChI is InChI=1S/C16H24FN3O/c1-18-10-14-7-5-9-20(14)12-16(21)19(2)11-13-6-3-4-8-15(13)17/h3-4,6,8,14,18H,5,7,9-12H2,1-2H3. The van der Waals surface area contributed by atoms with Crippen LogP contribution in [0.2, 0.25) is 0 Å². The van der Waals surface area contributed by atoms with E-state index in [2.05, 4.69) is 10.2 Å². The van der Waals surface area contributed by atoms with Gasteiger partial charge in [-0.2, -0.15) is 0 Å². The number of likely N-dealkylation sites (N-methyl/N-ethyl adjacent to an activating group) is 2. The van der Waals surface area contributed by atoms with Crippen molar-refractivity contribution in [1.82, 2.24) is 15.1 Å². The van der Waals surface area contributed by atoms with E-state index in [9.17, 15) is 9.18 Å². The molecule has 4 nitrogen and oxygen atoms in total. The molecule has 0 aliphatic carbocycles. The molecule has 116 valence electrons. The van der Waals surface area contributed by atoms with Crippen molar-refractivity contribution in [2.24, 2.45) is 0 Å². The molecule has 0 bridgehead atoms. The topological polar surface area (TPSA) is 35.6 Å². The lowest BCUT2D eigenvalue weighted by Crippen LogP contribution is -2.43. The second kappa shape index (κ2) is 7.52. The largest absolute Gasteiger partial charge is 0.340 e. The van der Waals surface area contributed by atoms with E-state index in [-0.39, 0.29) is 11.7 Å². The molecule has 1 unspecified atom stereocenters. The van der Waals surface area contributed by atoms with Gasteiger partial charge < -0.3 is 10.2 Å². The van der Waals surface area contributed by atoms with E-state index in [1.807, 2.05) is 7.05 Å². The Balaban J connectivity index is 1.89. The highest BCUT2D eigenvalue weighted by atomic mass is 19.1. The number of nitrogens with zero attached hydrogens (tertiary/aromatic N) is 2. The number of halogens is 1. The summed E-state index contributed by atoms with van der Waals surface area (Å²) >= 11 is 0. The molecule has 0 saturated carbocycles. The molecule has 1 aromatic carbocycles. The van der Waals surface area contributed by atoms with Crippen molar-refractivity contribution in [3.8, 4) is 0 Å². The van der Waals surface area contributed by atoms with Gasteiger partial charge in [0, 0.05) is 31.7 Å². The summed E-state index contributed by atoms with van der Waals surface area (Å²) in [7, 11) is 3.67. The van der Waals surface area contributed by atoms with Crippen LogP contribution in [0.25, 0.3) is 0 Å². The fraction of sp³-hybridized carbons (Fsp3) is 0.562. The van der Waals surface area contributed by atoms with Crippen LogP contribution < -0.4 is 5.32 Å². The molecule has 0 aromatic heterocycles. The van der Waals surface area contributed by atoms with Crippen LogP contribution in [0.3, 0.4) is 0 Å². The van der Waals surface area contributed by atoms with Gasteiger partial charge in [0.25, 0.3) is 0 Å². The Morgan fingerprint density at radius 1 is 1.48 bits per heavy atom.